The lowest BCUT2D eigenvalue weighted by Crippen LogP contribution is -2.46. The number of benzene rings is 2. The number of hydrogen-bond acceptors (Lipinski definition) is 3. The highest BCUT2D eigenvalue weighted by Gasteiger charge is 2.39. The third-order valence-electron chi connectivity index (χ3n) is 7.60. The summed E-state index contributed by atoms with van der Waals surface area (Å²) in [5.41, 5.74) is 4.74. The van der Waals surface area contributed by atoms with Gasteiger partial charge < -0.3 is 14.3 Å². The molecule has 0 saturated carbocycles. The molecule has 0 N–H and O–H groups in total. The number of hydrogen-bond donors (Lipinski definition) is 0. The van der Waals surface area contributed by atoms with Crippen LogP contribution in [0.1, 0.15) is 43.9 Å². The van der Waals surface area contributed by atoms with E-state index in [2.05, 4.69) is 45.0 Å². The molecule has 172 valence electrons. The Morgan fingerprint density at radius 1 is 1.12 bits per heavy atom. The quantitative estimate of drug-likeness (QED) is 0.608. The molecule has 6 heteroatoms. The number of quaternary nitrogens is 1. The Morgan fingerprint density at radius 3 is 2.58 bits per heavy atom. The molecule has 1 fully saturated rings. The lowest BCUT2D eigenvalue weighted by atomic mass is 10.1. The molecule has 0 radical (unpaired) electrons. The fourth-order valence-electron chi connectivity index (χ4n) is 5.26. The van der Waals surface area contributed by atoms with E-state index in [0.717, 1.165) is 42.8 Å². The van der Waals surface area contributed by atoms with Gasteiger partial charge in [-0.25, -0.2) is 0 Å². The van der Waals surface area contributed by atoms with E-state index in [1.807, 2.05) is 11.0 Å². The van der Waals surface area contributed by atoms with Gasteiger partial charge in [0.05, 0.1) is 37.2 Å². The predicted octanol–water partition coefficient (Wildman–Crippen LogP) is 3.88. The maximum absolute atomic E-state index is 13.4. The summed E-state index contributed by atoms with van der Waals surface area (Å²) in [7, 11) is 0. The molecule has 2 heterocycles. The third kappa shape index (κ3) is 4.38. The second kappa shape index (κ2) is 9.36. The van der Waals surface area contributed by atoms with E-state index in [1.165, 1.54) is 11.1 Å². The van der Waals surface area contributed by atoms with Gasteiger partial charge in [-0.1, -0.05) is 12.1 Å². The van der Waals surface area contributed by atoms with Crippen LogP contribution in [0.2, 0.25) is 0 Å². The van der Waals surface area contributed by atoms with Crippen molar-refractivity contribution in [2.45, 2.75) is 40.2 Å². The van der Waals surface area contributed by atoms with Gasteiger partial charge in [0.15, 0.2) is 0 Å². The number of rotatable bonds is 7. The molecule has 2 aromatic carbocycles. The highest BCUT2D eigenvalue weighted by Crippen LogP contribution is 2.34. The zero-order valence-corrected chi connectivity index (χ0v) is 19.9. The molecule has 33 heavy (non-hydrogen) atoms. The molecule has 1 saturated heterocycles. The second-order valence-corrected chi connectivity index (χ2v) is 9.22. The van der Waals surface area contributed by atoms with E-state index in [1.54, 1.807) is 23.1 Å². The van der Waals surface area contributed by atoms with Crippen LogP contribution in [0.25, 0.3) is 0 Å². The normalized spacial score (nSPS) is 17.9. The van der Waals surface area contributed by atoms with Crippen LogP contribution in [-0.2, 0) is 22.6 Å². The summed E-state index contributed by atoms with van der Waals surface area (Å²) in [5.74, 6) is -0.404. The van der Waals surface area contributed by atoms with Crippen molar-refractivity contribution < 1.29 is 14.1 Å². The van der Waals surface area contributed by atoms with Crippen molar-refractivity contribution in [3.63, 3.8) is 0 Å². The first-order valence-electron chi connectivity index (χ1n) is 12.0. The van der Waals surface area contributed by atoms with Gasteiger partial charge in [0, 0.05) is 36.4 Å². The third-order valence-corrected chi connectivity index (χ3v) is 7.60. The van der Waals surface area contributed by atoms with E-state index >= 15 is 0 Å². The lowest BCUT2D eigenvalue weighted by molar-refractivity contribution is -0.936. The summed E-state index contributed by atoms with van der Waals surface area (Å²) >= 11 is 0. The van der Waals surface area contributed by atoms with E-state index in [4.69, 9.17) is 5.26 Å². The van der Waals surface area contributed by atoms with Gasteiger partial charge in [-0.15, -0.1) is 0 Å². The number of nitriles is 1. The summed E-state index contributed by atoms with van der Waals surface area (Å²) in [5, 5.41) is 9.16. The van der Waals surface area contributed by atoms with Crippen LogP contribution in [0.4, 0.5) is 11.4 Å². The first-order chi connectivity index (χ1) is 15.9. The van der Waals surface area contributed by atoms with Gasteiger partial charge in [-0.3, -0.25) is 9.59 Å². The minimum absolute atomic E-state index is 0.0228. The summed E-state index contributed by atoms with van der Waals surface area (Å²) in [4.78, 5) is 29.6. The molecule has 6 nitrogen and oxygen atoms in total. The van der Waals surface area contributed by atoms with Crippen LogP contribution in [0.3, 0.4) is 0 Å². The molecule has 1 unspecified atom stereocenters. The van der Waals surface area contributed by atoms with Gasteiger partial charge in [0.2, 0.25) is 11.8 Å². The standard InChI is InChI=1S/C27H33N4O2/c1-4-31(5-2,6-3)19-21-10-11-25-22(14-21)12-13-29(25)27(33)23-16-26(32)30(18-23)24-9-7-8-20(15-24)17-28/h7-11,14-15,23H,4-6,12-13,16,18-19H2,1-3H3/q+1. The van der Waals surface area contributed by atoms with Crippen LogP contribution in [0, 0.1) is 17.2 Å². The van der Waals surface area contributed by atoms with Crippen molar-refractivity contribution in [2.75, 3.05) is 42.5 Å². The van der Waals surface area contributed by atoms with Crippen LogP contribution in [0.15, 0.2) is 42.5 Å². The molecule has 2 aliphatic heterocycles. The summed E-state index contributed by atoms with van der Waals surface area (Å²) in [6, 6.07) is 15.7. The molecule has 2 aliphatic rings. The van der Waals surface area contributed by atoms with Crippen molar-refractivity contribution in [1.29, 1.82) is 5.26 Å². The van der Waals surface area contributed by atoms with Gasteiger partial charge in [-0.05, 0) is 63.1 Å². The average molecular weight is 446 g/mol. The summed E-state index contributed by atoms with van der Waals surface area (Å²) in [6.45, 7) is 12.1. The topological polar surface area (TPSA) is 64.4 Å². The van der Waals surface area contributed by atoms with E-state index in [-0.39, 0.29) is 24.2 Å². The van der Waals surface area contributed by atoms with Crippen LogP contribution in [0.5, 0.6) is 0 Å². The molecule has 2 aromatic rings. The predicted molar refractivity (Wildman–Crippen MR) is 130 cm³/mol. The van der Waals surface area contributed by atoms with E-state index in [9.17, 15) is 9.59 Å². The lowest BCUT2D eigenvalue weighted by Gasteiger charge is -2.36. The summed E-state index contributed by atoms with van der Waals surface area (Å²) in [6.07, 6.45) is 1.07. The van der Waals surface area contributed by atoms with Gasteiger partial charge in [0.1, 0.15) is 6.54 Å². The van der Waals surface area contributed by atoms with E-state index < -0.39 is 0 Å². The van der Waals surface area contributed by atoms with Crippen LogP contribution < -0.4 is 9.80 Å². The molecule has 0 bridgehead atoms. The number of carbonyl (C=O) groups is 2. The van der Waals surface area contributed by atoms with Crippen molar-refractivity contribution >= 4 is 23.2 Å². The minimum Gasteiger partial charge on any atom is -0.321 e. The summed E-state index contributed by atoms with van der Waals surface area (Å²) < 4.78 is 1.06. The van der Waals surface area contributed by atoms with E-state index in [0.29, 0.717) is 24.3 Å². The molecule has 0 aliphatic carbocycles. The Labute approximate surface area is 196 Å². The Bertz CT molecular complexity index is 1090. The smallest absolute Gasteiger partial charge is 0.232 e. The number of nitrogens with zero attached hydrogens (tertiary/aromatic N) is 4. The fourth-order valence-corrected chi connectivity index (χ4v) is 5.26. The Morgan fingerprint density at radius 2 is 1.88 bits per heavy atom. The number of fused-ring (bicyclic) bond motifs is 1. The number of amides is 2. The zero-order valence-electron chi connectivity index (χ0n) is 19.9. The second-order valence-electron chi connectivity index (χ2n) is 9.22. The first kappa shape index (κ1) is 23.0. The zero-order chi connectivity index (χ0) is 23.6. The Kier molecular flexibility index (Phi) is 6.53. The molecule has 0 aromatic heterocycles. The molecule has 2 amide bonds. The number of carbonyl (C=O) groups excluding carboxylic acids is 2. The highest BCUT2D eigenvalue weighted by atomic mass is 16.2. The Hall–Kier alpha value is -3.17. The SMILES string of the molecule is CC[N+](CC)(CC)Cc1ccc2c(c1)CCN2C(=O)C1CC(=O)N(c2cccc(C#N)c2)C1. The Balaban J connectivity index is 1.49. The van der Waals surface area contributed by atoms with Gasteiger partial charge >= 0.3 is 0 Å². The van der Waals surface area contributed by atoms with Crippen LogP contribution >= 0.6 is 0 Å². The minimum atomic E-state index is -0.363. The molecular weight excluding hydrogens is 412 g/mol. The van der Waals surface area contributed by atoms with Gasteiger partial charge in [0.25, 0.3) is 0 Å². The fraction of sp³-hybridized carbons (Fsp3) is 0.444. The number of anilines is 2. The monoisotopic (exact) mass is 445 g/mol. The maximum Gasteiger partial charge on any atom is 0.232 e. The van der Waals surface area contributed by atoms with Gasteiger partial charge in [-0.2, -0.15) is 5.26 Å². The molecule has 1 atom stereocenters. The molecule has 4 rings (SSSR count). The highest BCUT2D eigenvalue weighted by molar-refractivity contribution is 6.05. The largest absolute Gasteiger partial charge is 0.321 e. The van der Waals surface area contributed by atoms with Crippen molar-refractivity contribution in [3.8, 4) is 6.07 Å². The molecule has 0 spiro atoms. The maximum atomic E-state index is 13.4. The van der Waals surface area contributed by atoms with Crippen molar-refractivity contribution in [2.24, 2.45) is 5.92 Å². The first-order valence-corrected chi connectivity index (χ1v) is 12.0. The average Bonchev–Trinajstić information content (AvgIpc) is 3.45. The van der Waals surface area contributed by atoms with Crippen LogP contribution in [-0.4, -0.2) is 49.0 Å². The van der Waals surface area contributed by atoms with Crippen molar-refractivity contribution in [3.05, 3.63) is 59.2 Å². The molecular formula is C27H33N4O2+. The van der Waals surface area contributed by atoms with Crippen molar-refractivity contribution in [1.82, 2.24) is 0 Å².